The standard InChI is InChI=1S/C16H20N2OS.ClH/c1-4-10-17-15-9-7-12-6-8-13(11-14(12)15)19-16(20)18(3)5-2;/h1,6,8,11,15,17H,5,7,9-10H2,2-3H3;1H. The van der Waals surface area contributed by atoms with Crippen LogP contribution in [-0.4, -0.2) is 30.2 Å². The topological polar surface area (TPSA) is 24.5 Å². The van der Waals surface area contributed by atoms with Gasteiger partial charge in [0.2, 0.25) is 0 Å². The van der Waals surface area contributed by atoms with E-state index in [1.54, 1.807) is 0 Å². The second kappa shape index (κ2) is 8.23. The fourth-order valence-electron chi connectivity index (χ4n) is 2.35. The van der Waals surface area contributed by atoms with Crippen molar-refractivity contribution >= 4 is 29.8 Å². The van der Waals surface area contributed by atoms with Gasteiger partial charge in [0.1, 0.15) is 5.75 Å². The number of fused-ring (bicyclic) bond motifs is 1. The Bertz CT molecular complexity index is 542. The van der Waals surface area contributed by atoms with Crippen molar-refractivity contribution in [3.05, 3.63) is 29.3 Å². The van der Waals surface area contributed by atoms with Crippen LogP contribution >= 0.6 is 24.6 Å². The fourth-order valence-corrected chi connectivity index (χ4v) is 2.57. The van der Waals surface area contributed by atoms with Crippen LogP contribution in [0.2, 0.25) is 0 Å². The van der Waals surface area contributed by atoms with Crippen molar-refractivity contribution in [3.8, 4) is 18.1 Å². The maximum Gasteiger partial charge on any atom is 0.264 e. The molecule has 3 nitrogen and oxygen atoms in total. The molecule has 114 valence electrons. The van der Waals surface area contributed by atoms with Crippen molar-refractivity contribution in [2.24, 2.45) is 0 Å². The summed E-state index contributed by atoms with van der Waals surface area (Å²) in [6, 6.07) is 6.50. The van der Waals surface area contributed by atoms with Gasteiger partial charge in [-0.1, -0.05) is 12.0 Å². The van der Waals surface area contributed by atoms with Gasteiger partial charge < -0.3 is 9.64 Å². The SMILES string of the molecule is C#CCNC1CCc2ccc(OC(=S)N(C)CC)cc21.Cl. The van der Waals surface area contributed by atoms with Gasteiger partial charge in [0.25, 0.3) is 5.17 Å². The first kappa shape index (κ1) is 17.8. The molecule has 1 aromatic rings. The number of halogens is 1. The van der Waals surface area contributed by atoms with Crippen molar-refractivity contribution in [2.45, 2.75) is 25.8 Å². The number of hydrogen-bond donors (Lipinski definition) is 1. The van der Waals surface area contributed by atoms with Crippen molar-refractivity contribution in [3.63, 3.8) is 0 Å². The summed E-state index contributed by atoms with van der Waals surface area (Å²) in [6.45, 7) is 3.46. The van der Waals surface area contributed by atoms with Crippen molar-refractivity contribution < 1.29 is 4.74 Å². The Morgan fingerprint density at radius 1 is 1.57 bits per heavy atom. The lowest BCUT2D eigenvalue weighted by molar-refractivity contribution is 0.415. The monoisotopic (exact) mass is 324 g/mol. The number of ether oxygens (including phenoxy) is 1. The second-order valence-corrected chi connectivity index (χ2v) is 5.27. The molecule has 0 amide bonds. The normalized spacial score (nSPS) is 15.6. The number of aryl methyl sites for hydroxylation is 1. The molecular weight excluding hydrogens is 304 g/mol. The third-order valence-electron chi connectivity index (χ3n) is 3.64. The van der Waals surface area contributed by atoms with Gasteiger partial charge in [-0.05, 0) is 55.2 Å². The molecule has 1 aromatic carbocycles. The maximum absolute atomic E-state index is 5.73. The van der Waals surface area contributed by atoms with Gasteiger partial charge in [-0.15, -0.1) is 18.8 Å². The van der Waals surface area contributed by atoms with Crippen molar-refractivity contribution in [2.75, 3.05) is 20.1 Å². The Kier molecular flexibility index (Phi) is 6.97. The van der Waals surface area contributed by atoms with Crippen LogP contribution in [0.1, 0.15) is 30.5 Å². The Morgan fingerprint density at radius 3 is 3.00 bits per heavy atom. The van der Waals surface area contributed by atoms with Crippen LogP contribution in [0.3, 0.4) is 0 Å². The minimum Gasteiger partial charge on any atom is -0.432 e. The summed E-state index contributed by atoms with van der Waals surface area (Å²) in [5, 5.41) is 3.87. The molecule has 0 fully saturated rings. The van der Waals surface area contributed by atoms with Gasteiger partial charge in [-0.2, -0.15) is 0 Å². The Hall–Kier alpha value is -1.28. The molecule has 0 heterocycles. The lowest BCUT2D eigenvalue weighted by Crippen LogP contribution is -2.29. The third-order valence-corrected chi connectivity index (χ3v) is 4.03. The molecule has 0 spiro atoms. The number of nitrogens with zero attached hydrogens (tertiary/aromatic N) is 1. The molecule has 0 saturated carbocycles. The predicted octanol–water partition coefficient (Wildman–Crippen LogP) is 2.93. The second-order valence-electron chi connectivity index (χ2n) is 4.92. The van der Waals surface area contributed by atoms with E-state index >= 15 is 0 Å². The summed E-state index contributed by atoms with van der Waals surface area (Å²) < 4.78 is 5.73. The van der Waals surface area contributed by atoms with Gasteiger partial charge in [-0.3, -0.25) is 5.32 Å². The molecule has 1 aliphatic carbocycles. The van der Waals surface area contributed by atoms with Gasteiger partial charge in [0.15, 0.2) is 0 Å². The average molecular weight is 325 g/mol. The quantitative estimate of drug-likeness (QED) is 0.680. The summed E-state index contributed by atoms with van der Waals surface area (Å²) in [5.74, 6) is 3.42. The molecule has 5 heteroatoms. The first-order valence-corrected chi connectivity index (χ1v) is 7.29. The number of benzene rings is 1. The third kappa shape index (κ3) is 4.34. The minimum absolute atomic E-state index is 0. The molecule has 0 aliphatic heterocycles. The smallest absolute Gasteiger partial charge is 0.264 e. The van der Waals surface area contributed by atoms with E-state index in [-0.39, 0.29) is 12.4 Å². The van der Waals surface area contributed by atoms with E-state index in [0.29, 0.717) is 17.8 Å². The molecular formula is C16H21ClN2OS. The maximum atomic E-state index is 5.73. The molecule has 1 atom stereocenters. The highest BCUT2D eigenvalue weighted by Gasteiger charge is 2.22. The molecule has 2 rings (SSSR count). The van der Waals surface area contributed by atoms with Crippen LogP contribution in [0.4, 0.5) is 0 Å². The van der Waals surface area contributed by atoms with Gasteiger partial charge in [0.05, 0.1) is 6.54 Å². The average Bonchev–Trinajstić information content (AvgIpc) is 2.86. The number of rotatable bonds is 4. The number of terminal acetylenes is 1. The van der Waals surface area contributed by atoms with Crippen molar-refractivity contribution in [1.29, 1.82) is 0 Å². The van der Waals surface area contributed by atoms with Gasteiger partial charge in [0, 0.05) is 19.6 Å². The zero-order valence-corrected chi connectivity index (χ0v) is 14.0. The molecule has 21 heavy (non-hydrogen) atoms. The van der Waals surface area contributed by atoms with Crippen LogP contribution in [0.25, 0.3) is 0 Å². The fraction of sp³-hybridized carbons (Fsp3) is 0.438. The minimum atomic E-state index is 0. The highest BCUT2D eigenvalue weighted by atomic mass is 35.5. The summed E-state index contributed by atoms with van der Waals surface area (Å²) in [7, 11) is 1.92. The molecule has 0 radical (unpaired) electrons. The van der Waals surface area contributed by atoms with E-state index in [1.165, 1.54) is 11.1 Å². The summed E-state index contributed by atoms with van der Waals surface area (Å²) in [4.78, 5) is 1.90. The molecule has 1 aliphatic rings. The largest absolute Gasteiger partial charge is 0.432 e. The van der Waals surface area contributed by atoms with E-state index in [1.807, 2.05) is 24.9 Å². The number of nitrogens with one attached hydrogen (secondary N) is 1. The van der Waals surface area contributed by atoms with E-state index in [0.717, 1.165) is 25.1 Å². The molecule has 1 N–H and O–H groups in total. The number of thiocarbonyl (C=S) groups is 1. The Labute approximate surface area is 138 Å². The first-order valence-electron chi connectivity index (χ1n) is 6.88. The van der Waals surface area contributed by atoms with Crippen LogP contribution in [0.5, 0.6) is 5.75 Å². The molecule has 0 aromatic heterocycles. The van der Waals surface area contributed by atoms with E-state index < -0.39 is 0 Å². The van der Waals surface area contributed by atoms with Crippen LogP contribution in [-0.2, 0) is 6.42 Å². The van der Waals surface area contributed by atoms with Crippen LogP contribution < -0.4 is 10.1 Å². The van der Waals surface area contributed by atoms with E-state index in [4.69, 9.17) is 23.4 Å². The first-order chi connectivity index (χ1) is 9.65. The van der Waals surface area contributed by atoms with Crippen molar-refractivity contribution in [1.82, 2.24) is 10.2 Å². The van der Waals surface area contributed by atoms with Gasteiger partial charge >= 0.3 is 0 Å². The highest BCUT2D eigenvalue weighted by molar-refractivity contribution is 7.80. The zero-order chi connectivity index (χ0) is 14.5. The number of hydrogen-bond acceptors (Lipinski definition) is 3. The summed E-state index contributed by atoms with van der Waals surface area (Å²) in [6.07, 6.45) is 7.47. The summed E-state index contributed by atoms with van der Waals surface area (Å²) >= 11 is 5.25. The Morgan fingerprint density at radius 2 is 2.33 bits per heavy atom. The van der Waals surface area contributed by atoms with Crippen LogP contribution in [0, 0.1) is 12.3 Å². The van der Waals surface area contributed by atoms with E-state index in [2.05, 4.69) is 23.4 Å². The molecule has 0 bridgehead atoms. The highest BCUT2D eigenvalue weighted by Crippen LogP contribution is 2.33. The zero-order valence-electron chi connectivity index (χ0n) is 12.4. The lowest BCUT2D eigenvalue weighted by Gasteiger charge is -2.18. The Balaban J connectivity index is 0.00000220. The van der Waals surface area contributed by atoms with E-state index in [9.17, 15) is 0 Å². The lowest BCUT2D eigenvalue weighted by atomic mass is 10.1. The molecule has 0 saturated heterocycles. The summed E-state index contributed by atoms with van der Waals surface area (Å²) in [5.41, 5.74) is 2.64. The molecule has 1 unspecified atom stereocenters. The van der Waals surface area contributed by atoms with Crippen LogP contribution in [0.15, 0.2) is 18.2 Å². The predicted molar refractivity (Wildman–Crippen MR) is 93.1 cm³/mol. The van der Waals surface area contributed by atoms with Gasteiger partial charge in [-0.25, -0.2) is 0 Å².